The van der Waals surface area contributed by atoms with E-state index in [1.165, 1.54) is 20.4 Å². The first kappa shape index (κ1) is 13.3. The van der Waals surface area contributed by atoms with Gasteiger partial charge in [0, 0.05) is 23.4 Å². The van der Waals surface area contributed by atoms with Gasteiger partial charge in [-0.2, -0.15) is 18.9 Å². The first-order valence-electron chi connectivity index (χ1n) is 5.50. The molecule has 2 aromatic rings. The second-order valence-corrected chi connectivity index (χ2v) is 3.80. The van der Waals surface area contributed by atoms with Gasteiger partial charge in [0.15, 0.2) is 0 Å². The molecule has 0 saturated carbocycles. The lowest BCUT2D eigenvalue weighted by atomic mass is 10.1. The molecule has 0 amide bonds. The fourth-order valence-electron chi connectivity index (χ4n) is 1.74. The van der Waals surface area contributed by atoms with E-state index in [0.717, 1.165) is 0 Å². The molecule has 0 N–H and O–H groups in total. The summed E-state index contributed by atoms with van der Waals surface area (Å²) in [5.41, 5.74) is 1.62. The first-order valence-corrected chi connectivity index (χ1v) is 5.50. The van der Waals surface area contributed by atoms with Gasteiger partial charge in [-0.15, -0.1) is 0 Å². The highest BCUT2D eigenvalue weighted by Gasteiger charge is 2.17. The molecule has 0 fully saturated rings. The molecule has 19 heavy (non-hydrogen) atoms. The summed E-state index contributed by atoms with van der Waals surface area (Å²) in [7, 11) is 2.94. The minimum atomic E-state index is -2.68. The topological polar surface area (TPSA) is 49.2 Å². The summed E-state index contributed by atoms with van der Waals surface area (Å²) in [6.07, 6.45) is 1.27. The number of rotatable bonds is 4. The van der Waals surface area contributed by atoms with Gasteiger partial charge in [-0.1, -0.05) is 0 Å². The van der Waals surface area contributed by atoms with Crippen LogP contribution in [0.1, 0.15) is 12.2 Å². The summed E-state index contributed by atoms with van der Waals surface area (Å²) in [4.78, 5) is 4.11. The third-order valence-corrected chi connectivity index (χ3v) is 2.64. The summed E-state index contributed by atoms with van der Waals surface area (Å²) in [5.74, 6) is 0.691. The van der Waals surface area contributed by atoms with Gasteiger partial charge >= 0.3 is 6.55 Å². The van der Waals surface area contributed by atoms with Crippen LogP contribution in [0.4, 0.5) is 8.78 Å². The molecule has 0 radical (unpaired) electrons. The maximum absolute atomic E-state index is 12.6. The molecular weight excluding hydrogens is 256 g/mol. The molecule has 5 nitrogen and oxygen atoms in total. The molecular formula is C12H13F2N3O2. The van der Waals surface area contributed by atoms with E-state index in [2.05, 4.69) is 10.1 Å². The highest BCUT2D eigenvalue weighted by molar-refractivity contribution is 5.70. The van der Waals surface area contributed by atoms with Crippen LogP contribution in [0, 0.1) is 6.92 Å². The quantitative estimate of drug-likeness (QED) is 0.856. The fraction of sp³-hybridized carbons (Fsp3) is 0.333. The van der Waals surface area contributed by atoms with Crippen molar-refractivity contribution in [2.24, 2.45) is 0 Å². The standard InChI is InChI=1S/C12H13F2N3O2/c1-7-9(6-17(16-7)12(13)14)8-4-5-10(18-2)15-11(8)19-3/h4-6,12H,1-3H3. The molecule has 0 aliphatic heterocycles. The molecule has 0 saturated heterocycles. The van der Waals surface area contributed by atoms with Crippen LogP contribution in [-0.4, -0.2) is 29.0 Å². The highest BCUT2D eigenvalue weighted by atomic mass is 19.3. The van der Waals surface area contributed by atoms with Gasteiger partial charge in [0.2, 0.25) is 11.8 Å². The van der Waals surface area contributed by atoms with Gasteiger partial charge in [0.05, 0.1) is 19.9 Å². The lowest BCUT2D eigenvalue weighted by Crippen LogP contribution is -1.97. The number of halogens is 2. The number of alkyl halides is 2. The number of aromatic nitrogens is 3. The number of nitrogens with zero attached hydrogens (tertiary/aromatic N) is 3. The van der Waals surface area contributed by atoms with Crippen LogP contribution >= 0.6 is 0 Å². The average Bonchev–Trinajstić information content (AvgIpc) is 2.80. The second-order valence-electron chi connectivity index (χ2n) is 3.80. The Kier molecular flexibility index (Phi) is 3.64. The summed E-state index contributed by atoms with van der Waals surface area (Å²) >= 11 is 0. The molecule has 0 bridgehead atoms. The minimum Gasteiger partial charge on any atom is -0.481 e. The first-order chi connectivity index (χ1) is 9.06. The number of aryl methyl sites for hydroxylation is 1. The van der Waals surface area contributed by atoms with Crippen molar-refractivity contribution in [1.29, 1.82) is 0 Å². The molecule has 0 spiro atoms. The zero-order valence-corrected chi connectivity index (χ0v) is 10.7. The van der Waals surface area contributed by atoms with E-state index >= 15 is 0 Å². The Hall–Kier alpha value is -2.18. The van der Waals surface area contributed by atoms with Gasteiger partial charge in [0.25, 0.3) is 0 Å². The van der Waals surface area contributed by atoms with Crippen LogP contribution < -0.4 is 9.47 Å². The highest BCUT2D eigenvalue weighted by Crippen LogP contribution is 2.32. The van der Waals surface area contributed by atoms with Crippen LogP contribution in [0.2, 0.25) is 0 Å². The van der Waals surface area contributed by atoms with E-state index in [1.807, 2.05) is 0 Å². The Morgan fingerprint density at radius 3 is 2.42 bits per heavy atom. The molecule has 0 aliphatic carbocycles. The van der Waals surface area contributed by atoms with Gasteiger partial charge in [-0.05, 0) is 13.0 Å². The Labute approximate surface area is 108 Å². The number of ether oxygens (including phenoxy) is 2. The van der Waals surface area contributed by atoms with Crippen molar-refractivity contribution >= 4 is 0 Å². The predicted octanol–water partition coefficient (Wildman–Crippen LogP) is 2.67. The van der Waals surface area contributed by atoms with Crippen molar-refractivity contribution in [3.8, 4) is 22.9 Å². The Bertz CT molecular complexity index is 584. The van der Waals surface area contributed by atoms with Crippen molar-refractivity contribution in [2.45, 2.75) is 13.5 Å². The molecule has 0 unspecified atom stereocenters. The number of methoxy groups -OCH3 is 2. The predicted molar refractivity (Wildman–Crippen MR) is 64.6 cm³/mol. The molecule has 2 aromatic heterocycles. The Balaban J connectivity index is 2.52. The summed E-state index contributed by atoms with van der Waals surface area (Å²) < 4.78 is 36.0. The van der Waals surface area contributed by atoms with Crippen LogP contribution in [0.15, 0.2) is 18.3 Å². The maximum atomic E-state index is 12.6. The average molecular weight is 269 g/mol. The van der Waals surface area contributed by atoms with Crippen molar-refractivity contribution in [2.75, 3.05) is 14.2 Å². The van der Waals surface area contributed by atoms with Gasteiger partial charge in [0.1, 0.15) is 0 Å². The van der Waals surface area contributed by atoms with Gasteiger partial charge in [-0.25, -0.2) is 4.68 Å². The van der Waals surface area contributed by atoms with Crippen LogP contribution in [-0.2, 0) is 0 Å². The molecule has 0 aliphatic rings. The Morgan fingerprint density at radius 2 is 1.89 bits per heavy atom. The minimum absolute atomic E-state index is 0.302. The van der Waals surface area contributed by atoms with E-state index in [9.17, 15) is 8.78 Å². The monoisotopic (exact) mass is 269 g/mol. The summed E-state index contributed by atoms with van der Waals surface area (Å²) in [6.45, 7) is -1.03. The molecule has 2 heterocycles. The SMILES string of the molecule is COc1ccc(-c2cn(C(F)F)nc2C)c(OC)n1. The third kappa shape index (κ3) is 2.49. The van der Waals surface area contributed by atoms with E-state index in [4.69, 9.17) is 9.47 Å². The van der Waals surface area contributed by atoms with Gasteiger partial charge in [-0.3, -0.25) is 0 Å². The Morgan fingerprint density at radius 1 is 1.16 bits per heavy atom. The number of hydrogen-bond acceptors (Lipinski definition) is 4. The lowest BCUT2D eigenvalue weighted by Gasteiger charge is -2.08. The zero-order valence-electron chi connectivity index (χ0n) is 10.7. The second kappa shape index (κ2) is 5.21. The molecule has 2 rings (SSSR count). The normalized spacial score (nSPS) is 10.8. The smallest absolute Gasteiger partial charge is 0.333 e. The van der Waals surface area contributed by atoms with Crippen molar-refractivity contribution in [3.05, 3.63) is 24.0 Å². The maximum Gasteiger partial charge on any atom is 0.333 e. The van der Waals surface area contributed by atoms with E-state index < -0.39 is 6.55 Å². The lowest BCUT2D eigenvalue weighted by molar-refractivity contribution is 0.0563. The van der Waals surface area contributed by atoms with Crippen molar-refractivity contribution in [3.63, 3.8) is 0 Å². The van der Waals surface area contributed by atoms with E-state index in [-0.39, 0.29) is 0 Å². The van der Waals surface area contributed by atoms with Crippen molar-refractivity contribution in [1.82, 2.24) is 14.8 Å². The summed E-state index contributed by atoms with van der Waals surface area (Å²) in [6, 6.07) is 3.33. The van der Waals surface area contributed by atoms with E-state index in [0.29, 0.717) is 33.3 Å². The third-order valence-electron chi connectivity index (χ3n) is 2.64. The largest absolute Gasteiger partial charge is 0.481 e. The number of hydrogen-bond donors (Lipinski definition) is 0. The fourth-order valence-corrected chi connectivity index (χ4v) is 1.74. The molecule has 0 aromatic carbocycles. The van der Waals surface area contributed by atoms with E-state index in [1.54, 1.807) is 19.1 Å². The number of pyridine rings is 1. The molecule has 0 atom stereocenters. The zero-order chi connectivity index (χ0) is 14.0. The van der Waals surface area contributed by atoms with Gasteiger partial charge < -0.3 is 9.47 Å². The van der Waals surface area contributed by atoms with Crippen molar-refractivity contribution < 1.29 is 18.3 Å². The summed E-state index contributed by atoms with van der Waals surface area (Å²) in [5, 5.41) is 3.76. The van der Waals surface area contributed by atoms with Crippen LogP contribution in [0.5, 0.6) is 11.8 Å². The van der Waals surface area contributed by atoms with Crippen LogP contribution in [0.25, 0.3) is 11.1 Å². The van der Waals surface area contributed by atoms with Crippen LogP contribution in [0.3, 0.4) is 0 Å². The molecule has 7 heteroatoms. The molecule has 102 valence electrons.